The Balaban J connectivity index is 1.88. The van der Waals surface area contributed by atoms with E-state index < -0.39 is 15.9 Å². The molecule has 0 saturated heterocycles. The summed E-state index contributed by atoms with van der Waals surface area (Å²) in [4.78, 5) is 17.4. The zero-order chi connectivity index (χ0) is 19.6. The van der Waals surface area contributed by atoms with Gasteiger partial charge in [0.1, 0.15) is 0 Å². The molecular weight excluding hydrogens is 406 g/mol. The summed E-state index contributed by atoms with van der Waals surface area (Å²) in [5.41, 5.74) is 1.41. The number of hydrogen-bond acceptors (Lipinski definition) is 5. The number of benzene rings is 2. The molecular formula is C18H16ClN3O3S2. The topological polar surface area (TPSA) is 88.2 Å². The molecule has 1 aromatic heterocycles. The van der Waals surface area contributed by atoms with Crippen LogP contribution in [0.3, 0.4) is 0 Å². The first kappa shape index (κ1) is 19.3. The molecule has 140 valence electrons. The summed E-state index contributed by atoms with van der Waals surface area (Å²) in [5, 5.41) is 3.19. The van der Waals surface area contributed by atoms with E-state index in [0.717, 1.165) is 10.4 Å². The zero-order valence-corrected chi connectivity index (χ0v) is 16.9. The van der Waals surface area contributed by atoms with Crippen molar-refractivity contribution in [3.8, 4) is 0 Å². The third-order valence-corrected chi connectivity index (χ3v) is 6.14. The second-order valence-corrected chi connectivity index (χ2v) is 9.17. The Morgan fingerprint density at radius 3 is 2.59 bits per heavy atom. The lowest BCUT2D eigenvalue weighted by molar-refractivity contribution is 0.102. The van der Waals surface area contributed by atoms with Gasteiger partial charge in [0.15, 0.2) is 5.13 Å². The van der Waals surface area contributed by atoms with Gasteiger partial charge in [0.2, 0.25) is 0 Å². The van der Waals surface area contributed by atoms with Crippen molar-refractivity contribution >= 4 is 49.7 Å². The average molecular weight is 422 g/mol. The summed E-state index contributed by atoms with van der Waals surface area (Å²) in [6, 6.07) is 11.0. The quantitative estimate of drug-likeness (QED) is 0.636. The first-order valence-electron chi connectivity index (χ1n) is 7.87. The molecule has 9 heteroatoms. The van der Waals surface area contributed by atoms with E-state index >= 15 is 0 Å². The van der Waals surface area contributed by atoms with Crippen molar-refractivity contribution in [1.82, 2.24) is 4.98 Å². The standard InChI is InChI=1S/C18H16ClN3O3S2/c1-11-4-3-5-13(8-11)22-27(24,25)14-6-7-16(19)15(9-14)17(23)21-18-20-10-12(2)26-18/h3-10,22H,1-2H3,(H,20,21,23). The number of rotatable bonds is 5. The van der Waals surface area contributed by atoms with E-state index in [1.165, 1.54) is 29.5 Å². The van der Waals surface area contributed by atoms with E-state index in [0.29, 0.717) is 10.8 Å². The normalized spacial score (nSPS) is 11.2. The number of nitrogens with zero attached hydrogens (tertiary/aromatic N) is 1. The van der Waals surface area contributed by atoms with Gasteiger partial charge >= 0.3 is 0 Å². The number of nitrogens with one attached hydrogen (secondary N) is 2. The van der Waals surface area contributed by atoms with Gasteiger partial charge < -0.3 is 0 Å². The van der Waals surface area contributed by atoms with E-state index in [9.17, 15) is 13.2 Å². The fraction of sp³-hybridized carbons (Fsp3) is 0.111. The van der Waals surface area contributed by atoms with Gasteiger partial charge in [-0.2, -0.15) is 0 Å². The highest BCUT2D eigenvalue weighted by atomic mass is 35.5. The van der Waals surface area contributed by atoms with Crippen LogP contribution in [0.5, 0.6) is 0 Å². The van der Waals surface area contributed by atoms with Crippen LogP contribution in [0.4, 0.5) is 10.8 Å². The Hall–Kier alpha value is -2.42. The smallest absolute Gasteiger partial charge is 0.261 e. The van der Waals surface area contributed by atoms with Crippen LogP contribution in [-0.4, -0.2) is 19.3 Å². The molecule has 0 unspecified atom stereocenters. The highest BCUT2D eigenvalue weighted by Gasteiger charge is 2.19. The maximum Gasteiger partial charge on any atom is 0.261 e. The van der Waals surface area contributed by atoms with Gasteiger partial charge in [0.25, 0.3) is 15.9 Å². The van der Waals surface area contributed by atoms with Crippen LogP contribution < -0.4 is 10.0 Å². The molecule has 2 aromatic carbocycles. The SMILES string of the molecule is Cc1cccc(NS(=O)(=O)c2ccc(Cl)c(C(=O)Nc3ncc(C)s3)c2)c1. The lowest BCUT2D eigenvalue weighted by Gasteiger charge is -2.11. The number of amides is 1. The third-order valence-electron chi connectivity index (χ3n) is 3.60. The highest BCUT2D eigenvalue weighted by Crippen LogP contribution is 2.25. The Kier molecular flexibility index (Phi) is 5.50. The van der Waals surface area contributed by atoms with Crippen molar-refractivity contribution < 1.29 is 13.2 Å². The number of sulfonamides is 1. The summed E-state index contributed by atoms with van der Waals surface area (Å²) < 4.78 is 27.8. The first-order chi connectivity index (χ1) is 12.7. The second kappa shape index (κ2) is 7.67. The molecule has 6 nitrogen and oxygen atoms in total. The van der Waals surface area contributed by atoms with Gasteiger partial charge in [-0.1, -0.05) is 23.7 Å². The number of thiazole rings is 1. The second-order valence-electron chi connectivity index (χ2n) is 5.85. The third kappa shape index (κ3) is 4.65. The molecule has 0 spiro atoms. The summed E-state index contributed by atoms with van der Waals surface area (Å²) in [6.45, 7) is 3.73. The highest BCUT2D eigenvalue weighted by molar-refractivity contribution is 7.92. The Bertz CT molecular complexity index is 1110. The first-order valence-corrected chi connectivity index (χ1v) is 10.6. The number of hydrogen-bond donors (Lipinski definition) is 2. The number of halogens is 1. The van der Waals surface area contributed by atoms with Gasteiger partial charge in [0, 0.05) is 16.8 Å². The van der Waals surface area contributed by atoms with Crippen molar-refractivity contribution in [2.45, 2.75) is 18.7 Å². The van der Waals surface area contributed by atoms with E-state index in [4.69, 9.17) is 11.6 Å². The van der Waals surface area contributed by atoms with Crippen molar-refractivity contribution in [2.24, 2.45) is 0 Å². The molecule has 0 atom stereocenters. The predicted octanol–water partition coefficient (Wildman–Crippen LogP) is 4.47. The molecule has 0 fully saturated rings. The monoisotopic (exact) mass is 421 g/mol. The molecule has 3 rings (SSSR count). The molecule has 2 N–H and O–H groups in total. The summed E-state index contributed by atoms with van der Waals surface area (Å²) in [5.74, 6) is -0.526. The fourth-order valence-corrected chi connectivity index (χ4v) is 4.28. The van der Waals surface area contributed by atoms with Crippen molar-refractivity contribution in [1.29, 1.82) is 0 Å². The Morgan fingerprint density at radius 2 is 1.93 bits per heavy atom. The molecule has 0 saturated carbocycles. The maximum atomic E-state index is 12.7. The molecule has 0 aliphatic carbocycles. The number of aryl methyl sites for hydroxylation is 2. The van der Waals surface area contributed by atoms with E-state index in [-0.39, 0.29) is 15.5 Å². The largest absolute Gasteiger partial charge is 0.298 e. The van der Waals surface area contributed by atoms with E-state index in [1.807, 2.05) is 19.9 Å². The molecule has 0 aliphatic heterocycles. The molecule has 0 radical (unpaired) electrons. The molecule has 3 aromatic rings. The number of anilines is 2. The van der Waals surface area contributed by atoms with Crippen LogP contribution in [0.25, 0.3) is 0 Å². The number of carbonyl (C=O) groups excluding carboxylic acids is 1. The van der Waals surface area contributed by atoms with Gasteiger partial charge in [-0.3, -0.25) is 14.8 Å². The summed E-state index contributed by atoms with van der Waals surface area (Å²) in [6.07, 6.45) is 1.63. The van der Waals surface area contributed by atoms with Crippen LogP contribution in [-0.2, 0) is 10.0 Å². The molecule has 0 bridgehead atoms. The Morgan fingerprint density at radius 1 is 1.15 bits per heavy atom. The van der Waals surface area contributed by atoms with E-state index in [1.54, 1.807) is 24.4 Å². The minimum Gasteiger partial charge on any atom is -0.298 e. The van der Waals surface area contributed by atoms with E-state index in [2.05, 4.69) is 15.0 Å². The maximum absolute atomic E-state index is 12.7. The summed E-state index contributed by atoms with van der Waals surface area (Å²) >= 11 is 7.41. The fourth-order valence-electron chi connectivity index (χ4n) is 2.35. The van der Waals surface area contributed by atoms with Gasteiger partial charge in [-0.15, -0.1) is 11.3 Å². The van der Waals surface area contributed by atoms with Gasteiger partial charge in [-0.05, 0) is 49.7 Å². The van der Waals surface area contributed by atoms with Gasteiger partial charge in [-0.25, -0.2) is 13.4 Å². The lowest BCUT2D eigenvalue weighted by Crippen LogP contribution is -2.16. The minimum atomic E-state index is -3.87. The zero-order valence-electron chi connectivity index (χ0n) is 14.5. The lowest BCUT2D eigenvalue weighted by atomic mass is 10.2. The van der Waals surface area contributed by atoms with Crippen molar-refractivity contribution in [3.63, 3.8) is 0 Å². The molecule has 0 aliphatic rings. The number of aromatic nitrogens is 1. The summed E-state index contributed by atoms with van der Waals surface area (Å²) in [7, 11) is -3.87. The van der Waals surface area contributed by atoms with Gasteiger partial charge in [0.05, 0.1) is 15.5 Å². The Labute approximate surface area is 166 Å². The molecule has 1 amide bonds. The number of carbonyl (C=O) groups is 1. The van der Waals surface area contributed by atoms with Crippen LogP contribution in [0, 0.1) is 13.8 Å². The molecule has 1 heterocycles. The predicted molar refractivity (Wildman–Crippen MR) is 108 cm³/mol. The van der Waals surface area contributed by atoms with Crippen LogP contribution in [0.15, 0.2) is 53.6 Å². The van der Waals surface area contributed by atoms with Crippen LogP contribution in [0.1, 0.15) is 20.8 Å². The van der Waals surface area contributed by atoms with Crippen LogP contribution in [0.2, 0.25) is 5.02 Å². The minimum absolute atomic E-state index is 0.0524. The van der Waals surface area contributed by atoms with Crippen molar-refractivity contribution in [2.75, 3.05) is 10.0 Å². The average Bonchev–Trinajstić information content (AvgIpc) is 2.99. The molecule has 27 heavy (non-hydrogen) atoms. The van der Waals surface area contributed by atoms with Crippen LogP contribution >= 0.6 is 22.9 Å². The van der Waals surface area contributed by atoms with Crippen molar-refractivity contribution in [3.05, 3.63) is 69.7 Å².